The maximum absolute atomic E-state index is 12.7. The topological polar surface area (TPSA) is 51.2 Å². The van der Waals surface area contributed by atoms with E-state index in [9.17, 15) is 9.18 Å². The summed E-state index contributed by atoms with van der Waals surface area (Å²) in [5.41, 5.74) is 1.36. The summed E-state index contributed by atoms with van der Waals surface area (Å²) < 4.78 is 17.6. The third-order valence-electron chi connectivity index (χ3n) is 2.59. The van der Waals surface area contributed by atoms with Gasteiger partial charge in [0.2, 0.25) is 0 Å². The van der Waals surface area contributed by atoms with E-state index < -0.39 is 5.97 Å². The molecule has 0 aliphatic rings. The Kier molecular flexibility index (Phi) is 5.06. The van der Waals surface area contributed by atoms with E-state index in [2.05, 4.69) is 10.3 Å². The predicted molar refractivity (Wildman–Crippen MR) is 76.7 cm³/mol. The second-order valence-corrected chi connectivity index (χ2v) is 4.92. The minimum atomic E-state index is -0.407. The van der Waals surface area contributed by atoms with Crippen LogP contribution in [0.25, 0.3) is 0 Å². The molecule has 1 aromatic heterocycles. The summed E-state index contributed by atoms with van der Waals surface area (Å²) in [6.45, 7) is 2.76. The van der Waals surface area contributed by atoms with Crippen LogP contribution in [-0.2, 0) is 11.2 Å². The van der Waals surface area contributed by atoms with Gasteiger partial charge >= 0.3 is 5.97 Å². The number of rotatable bonds is 6. The van der Waals surface area contributed by atoms with Crippen molar-refractivity contribution < 1.29 is 13.9 Å². The molecule has 2 rings (SSSR count). The van der Waals surface area contributed by atoms with E-state index in [0.29, 0.717) is 24.0 Å². The molecule has 1 N–H and O–H groups in total. The van der Waals surface area contributed by atoms with E-state index in [1.165, 1.54) is 23.5 Å². The number of esters is 1. The smallest absolute Gasteiger partial charge is 0.357 e. The Labute approximate surface area is 120 Å². The molecule has 0 atom stereocenters. The number of nitrogens with zero attached hydrogens (tertiary/aromatic N) is 1. The summed E-state index contributed by atoms with van der Waals surface area (Å²) in [4.78, 5) is 15.6. The second-order valence-electron chi connectivity index (χ2n) is 4.06. The Morgan fingerprint density at radius 1 is 1.40 bits per heavy atom. The molecular weight excluding hydrogens is 279 g/mol. The van der Waals surface area contributed by atoms with Crippen molar-refractivity contribution in [2.24, 2.45) is 0 Å². The van der Waals surface area contributed by atoms with Gasteiger partial charge in [0, 0.05) is 11.9 Å². The highest BCUT2D eigenvalue weighted by Crippen LogP contribution is 2.16. The van der Waals surface area contributed by atoms with Crippen LogP contribution in [0.1, 0.15) is 23.0 Å². The van der Waals surface area contributed by atoms with E-state index in [-0.39, 0.29) is 5.82 Å². The average molecular weight is 294 g/mol. The maximum atomic E-state index is 12.7. The average Bonchev–Trinajstić information content (AvgIpc) is 2.90. The second kappa shape index (κ2) is 7.00. The molecule has 1 heterocycles. The molecule has 0 unspecified atom stereocenters. The molecule has 0 amide bonds. The Hall–Kier alpha value is -1.95. The zero-order valence-electron chi connectivity index (χ0n) is 11.1. The van der Waals surface area contributed by atoms with Crippen LogP contribution in [-0.4, -0.2) is 24.1 Å². The molecule has 4 nitrogen and oxygen atoms in total. The first-order valence-electron chi connectivity index (χ1n) is 6.30. The first-order valence-corrected chi connectivity index (χ1v) is 7.18. The van der Waals surface area contributed by atoms with Crippen molar-refractivity contribution >= 4 is 22.4 Å². The van der Waals surface area contributed by atoms with Crippen molar-refractivity contribution in [3.8, 4) is 0 Å². The first kappa shape index (κ1) is 14.5. The molecule has 0 aliphatic carbocycles. The van der Waals surface area contributed by atoms with E-state index in [0.717, 1.165) is 12.0 Å². The van der Waals surface area contributed by atoms with Crippen molar-refractivity contribution in [1.82, 2.24) is 4.98 Å². The minimum Gasteiger partial charge on any atom is -0.461 e. The number of hydrogen-bond acceptors (Lipinski definition) is 5. The number of halogens is 1. The van der Waals surface area contributed by atoms with Crippen molar-refractivity contribution in [2.45, 2.75) is 13.3 Å². The zero-order valence-corrected chi connectivity index (χ0v) is 11.9. The Morgan fingerprint density at radius 3 is 2.85 bits per heavy atom. The molecule has 1 aromatic carbocycles. The number of carbonyl (C=O) groups excluding carboxylic acids is 1. The highest BCUT2D eigenvalue weighted by molar-refractivity contribution is 7.13. The number of thiazole rings is 1. The van der Waals surface area contributed by atoms with Gasteiger partial charge in [-0.1, -0.05) is 12.1 Å². The third kappa shape index (κ3) is 4.03. The quantitative estimate of drug-likeness (QED) is 0.832. The van der Waals surface area contributed by atoms with Crippen LogP contribution < -0.4 is 5.32 Å². The van der Waals surface area contributed by atoms with Gasteiger partial charge in [0.1, 0.15) is 5.82 Å². The molecular formula is C14H15FN2O2S. The SMILES string of the molecule is CCOC(=O)c1csc(NCCc2ccc(F)cc2)n1. The fourth-order valence-corrected chi connectivity index (χ4v) is 2.33. The standard InChI is InChI=1S/C14H15FN2O2S/c1-2-19-13(18)12-9-20-14(17-12)16-8-7-10-3-5-11(15)6-4-10/h3-6,9H,2,7-8H2,1H3,(H,16,17). The molecule has 0 bridgehead atoms. The third-order valence-corrected chi connectivity index (χ3v) is 3.39. The van der Waals surface area contributed by atoms with E-state index in [1.54, 1.807) is 24.4 Å². The molecule has 0 spiro atoms. The van der Waals surface area contributed by atoms with Crippen LogP contribution in [0.15, 0.2) is 29.6 Å². The first-order chi connectivity index (χ1) is 9.69. The number of aromatic nitrogens is 1. The van der Waals surface area contributed by atoms with Gasteiger partial charge in [0.15, 0.2) is 10.8 Å². The highest BCUT2D eigenvalue weighted by atomic mass is 32.1. The molecule has 0 aliphatic heterocycles. The summed E-state index contributed by atoms with van der Waals surface area (Å²) >= 11 is 1.36. The van der Waals surface area contributed by atoms with Gasteiger partial charge in [-0.05, 0) is 31.0 Å². The Bertz CT molecular complexity index is 569. The van der Waals surface area contributed by atoms with Crippen LogP contribution in [0.4, 0.5) is 9.52 Å². The molecule has 0 radical (unpaired) electrons. The van der Waals surface area contributed by atoms with Crippen LogP contribution in [0, 0.1) is 5.82 Å². The number of ether oxygens (including phenoxy) is 1. The summed E-state index contributed by atoms with van der Waals surface area (Å²) in [7, 11) is 0. The number of carbonyl (C=O) groups is 1. The summed E-state index contributed by atoms with van der Waals surface area (Å²) in [5.74, 6) is -0.643. The van der Waals surface area contributed by atoms with Crippen molar-refractivity contribution in [3.05, 3.63) is 46.7 Å². The van der Waals surface area contributed by atoms with Gasteiger partial charge in [0.25, 0.3) is 0 Å². The molecule has 20 heavy (non-hydrogen) atoms. The summed E-state index contributed by atoms with van der Waals surface area (Å²) in [6.07, 6.45) is 0.759. The lowest BCUT2D eigenvalue weighted by atomic mass is 10.1. The van der Waals surface area contributed by atoms with Crippen LogP contribution in [0.3, 0.4) is 0 Å². The fourth-order valence-electron chi connectivity index (χ4n) is 1.62. The Balaban J connectivity index is 1.82. The minimum absolute atomic E-state index is 0.235. The molecule has 0 fully saturated rings. The van der Waals surface area contributed by atoms with E-state index in [1.807, 2.05) is 0 Å². The fraction of sp³-hybridized carbons (Fsp3) is 0.286. The summed E-state index contributed by atoms with van der Waals surface area (Å²) in [5, 5.41) is 5.47. The highest BCUT2D eigenvalue weighted by Gasteiger charge is 2.10. The largest absolute Gasteiger partial charge is 0.461 e. The zero-order chi connectivity index (χ0) is 14.4. The van der Waals surface area contributed by atoms with Gasteiger partial charge in [-0.2, -0.15) is 0 Å². The lowest BCUT2D eigenvalue weighted by molar-refractivity contribution is 0.0520. The van der Waals surface area contributed by atoms with E-state index in [4.69, 9.17) is 4.74 Å². The molecule has 106 valence electrons. The van der Waals surface area contributed by atoms with Gasteiger partial charge in [-0.3, -0.25) is 0 Å². The maximum Gasteiger partial charge on any atom is 0.357 e. The predicted octanol–water partition coefficient (Wildman–Crippen LogP) is 3.11. The van der Waals surface area contributed by atoms with Crippen molar-refractivity contribution in [1.29, 1.82) is 0 Å². The van der Waals surface area contributed by atoms with Gasteiger partial charge in [-0.15, -0.1) is 11.3 Å². The van der Waals surface area contributed by atoms with E-state index >= 15 is 0 Å². The molecule has 0 saturated heterocycles. The number of hydrogen-bond donors (Lipinski definition) is 1. The summed E-state index contributed by atoms with van der Waals surface area (Å²) in [6, 6.07) is 6.39. The lowest BCUT2D eigenvalue weighted by Crippen LogP contribution is -2.07. The number of benzene rings is 1. The van der Waals surface area contributed by atoms with Crippen LogP contribution in [0.5, 0.6) is 0 Å². The molecule has 6 heteroatoms. The van der Waals surface area contributed by atoms with Crippen molar-refractivity contribution in [2.75, 3.05) is 18.5 Å². The van der Waals surface area contributed by atoms with Gasteiger partial charge < -0.3 is 10.1 Å². The van der Waals surface area contributed by atoms with Gasteiger partial charge in [-0.25, -0.2) is 14.2 Å². The lowest BCUT2D eigenvalue weighted by Gasteiger charge is -2.03. The van der Waals surface area contributed by atoms with Crippen LogP contribution >= 0.6 is 11.3 Å². The van der Waals surface area contributed by atoms with Gasteiger partial charge in [0.05, 0.1) is 6.61 Å². The Morgan fingerprint density at radius 2 is 2.15 bits per heavy atom. The molecule has 0 saturated carbocycles. The normalized spacial score (nSPS) is 10.3. The van der Waals surface area contributed by atoms with Crippen LogP contribution in [0.2, 0.25) is 0 Å². The van der Waals surface area contributed by atoms with Crippen molar-refractivity contribution in [3.63, 3.8) is 0 Å². The number of nitrogens with one attached hydrogen (secondary N) is 1. The number of anilines is 1. The monoisotopic (exact) mass is 294 g/mol. The molecule has 2 aromatic rings.